The lowest BCUT2D eigenvalue weighted by atomic mass is 10.0. The van der Waals surface area contributed by atoms with Gasteiger partial charge in [-0.05, 0) is 24.9 Å². The molecule has 2 atom stereocenters. The van der Waals surface area contributed by atoms with Crippen LogP contribution in [0.5, 0.6) is 0 Å². The summed E-state index contributed by atoms with van der Waals surface area (Å²) in [6, 6.07) is 1.58. The zero-order valence-corrected chi connectivity index (χ0v) is 11.4. The van der Waals surface area contributed by atoms with Gasteiger partial charge >= 0.3 is 5.69 Å². The van der Waals surface area contributed by atoms with Crippen molar-refractivity contribution in [3.63, 3.8) is 0 Å². The summed E-state index contributed by atoms with van der Waals surface area (Å²) in [6.45, 7) is 4.99. The van der Waals surface area contributed by atoms with Crippen molar-refractivity contribution in [2.24, 2.45) is 25.9 Å². The second kappa shape index (κ2) is 4.61. The van der Waals surface area contributed by atoms with E-state index in [1.165, 1.54) is 7.05 Å². The van der Waals surface area contributed by atoms with E-state index in [0.29, 0.717) is 6.54 Å². The number of nitrogens with one attached hydrogen (secondary N) is 1. The van der Waals surface area contributed by atoms with E-state index in [0.717, 1.165) is 48.3 Å². The van der Waals surface area contributed by atoms with Crippen LogP contribution in [0, 0.1) is 11.8 Å². The van der Waals surface area contributed by atoms with Crippen LogP contribution >= 0.6 is 0 Å². The molecule has 6 nitrogen and oxygen atoms in total. The summed E-state index contributed by atoms with van der Waals surface area (Å²) in [7, 11) is 3.25. The molecule has 2 fully saturated rings. The van der Waals surface area contributed by atoms with Gasteiger partial charge in [-0.15, -0.1) is 0 Å². The molecule has 0 aliphatic carbocycles. The molecule has 2 aliphatic heterocycles. The minimum Gasteiger partial charge on any atom is -0.316 e. The van der Waals surface area contributed by atoms with Crippen LogP contribution in [0.15, 0.2) is 15.7 Å². The number of aromatic nitrogens is 2. The van der Waals surface area contributed by atoms with Crippen molar-refractivity contribution < 1.29 is 0 Å². The highest BCUT2D eigenvalue weighted by molar-refractivity contribution is 5.04. The van der Waals surface area contributed by atoms with Gasteiger partial charge in [-0.2, -0.15) is 0 Å². The second-order valence-electron chi connectivity index (χ2n) is 5.75. The van der Waals surface area contributed by atoms with Gasteiger partial charge in [-0.25, -0.2) is 4.79 Å². The molecule has 0 unspecified atom stereocenters. The van der Waals surface area contributed by atoms with E-state index < -0.39 is 0 Å². The van der Waals surface area contributed by atoms with Gasteiger partial charge in [0.05, 0.1) is 0 Å². The predicted octanol–water partition coefficient (Wildman–Crippen LogP) is -1.26. The Bertz CT molecular complexity index is 592. The molecule has 0 bridgehead atoms. The first-order valence-corrected chi connectivity index (χ1v) is 6.75. The number of fused-ring (bicyclic) bond motifs is 1. The quantitative estimate of drug-likeness (QED) is 0.724. The van der Waals surface area contributed by atoms with Gasteiger partial charge in [-0.3, -0.25) is 18.8 Å². The Morgan fingerprint density at radius 1 is 1.16 bits per heavy atom. The summed E-state index contributed by atoms with van der Waals surface area (Å²) in [5.41, 5.74) is 0.337. The largest absolute Gasteiger partial charge is 0.330 e. The molecule has 0 radical (unpaired) electrons. The lowest BCUT2D eigenvalue weighted by Gasteiger charge is -2.18. The van der Waals surface area contributed by atoms with Gasteiger partial charge in [0.1, 0.15) is 0 Å². The minimum absolute atomic E-state index is 0.223. The number of nitrogens with zero attached hydrogens (tertiary/aromatic N) is 3. The number of likely N-dealkylation sites (tertiary alicyclic amines) is 1. The van der Waals surface area contributed by atoms with Crippen LogP contribution in [-0.2, 0) is 20.6 Å². The molecule has 19 heavy (non-hydrogen) atoms. The molecule has 2 saturated heterocycles. The van der Waals surface area contributed by atoms with Crippen molar-refractivity contribution in [2.45, 2.75) is 6.54 Å². The monoisotopic (exact) mass is 264 g/mol. The summed E-state index contributed by atoms with van der Waals surface area (Å²) in [6.07, 6.45) is 0. The Morgan fingerprint density at radius 3 is 2.42 bits per heavy atom. The summed E-state index contributed by atoms with van der Waals surface area (Å²) in [5.74, 6) is 1.45. The third-order valence-electron chi connectivity index (χ3n) is 4.48. The fraction of sp³-hybridized carbons (Fsp3) is 0.692. The van der Waals surface area contributed by atoms with Crippen molar-refractivity contribution in [3.8, 4) is 0 Å². The highest BCUT2D eigenvalue weighted by Crippen LogP contribution is 2.26. The zero-order valence-electron chi connectivity index (χ0n) is 11.4. The summed E-state index contributed by atoms with van der Waals surface area (Å²) < 4.78 is 2.72. The zero-order chi connectivity index (χ0) is 13.6. The van der Waals surface area contributed by atoms with Gasteiger partial charge in [0.25, 0.3) is 5.56 Å². The van der Waals surface area contributed by atoms with Crippen molar-refractivity contribution >= 4 is 0 Å². The lowest BCUT2D eigenvalue weighted by molar-refractivity contribution is 0.296. The first kappa shape index (κ1) is 12.6. The fourth-order valence-electron chi connectivity index (χ4n) is 3.24. The molecule has 1 aromatic heterocycles. The van der Waals surface area contributed by atoms with Crippen molar-refractivity contribution in [1.29, 1.82) is 0 Å². The minimum atomic E-state index is -0.247. The normalized spacial score (nSPS) is 26.8. The highest BCUT2D eigenvalue weighted by Gasteiger charge is 2.36. The third kappa shape index (κ3) is 2.15. The van der Waals surface area contributed by atoms with E-state index in [4.69, 9.17) is 0 Å². The van der Waals surface area contributed by atoms with Crippen LogP contribution in [-0.4, -0.2) is 40.2 Å². The maximum atomic E-state index is 11.9. The summed E-state index contributed by atoms with van der Waals surface area (Å²) >= 11 is 0. The molecule has 1 N–H and O–H groups in total. The molecular formula is C13H20N4O2. The molecular weight excluding hydrogens is 244 g/mol. The molecule has 0 aromatic carbocycles. The third-order valence-corrected chi connectivity index (χ3v) is 4.48. The average molecular weight is 264 g/mol. The van der Waals surface area contributed by atoms with Crippen molar-refractivity contribution in [2.75, 3.05) is 26.2 Å². The summed E-state index contributed by atoms with van der Waals surface area (Å²) in [4.78, 5) is 25.9. The van der Waals surface area contributed by atoms with Crippen molar-refractivity contribution in [3.05, 3.63) is 32.6 Å². The molecule has 0 amide bonds. The van der Waals surface area contributed by atoms with Gasteiger partial charge in [0.2, 0.25) is 0 Å². The summed E-state index contributed by atoms with van der Waals surface area (Å²) in [5, 5.41) is 3.41. The number of rotatable bonds is 2. The van der Waals surface area contributed by atoms with Crippen LogP contribution in [0.4, 0.5) is 0 Å². The lowest BCUT2D eigenvalue weighted by Crippen LogP contribution is -2.39. The van der Waals surface area contributed by atoms with Crippen LogP contribution in [0.1, 0.15) is 5.69 Å². The Morgan fingerprint density at radius 2 is 1.79 bits per heavy atom. The molecule has 104 valence electrons. The van der Waals surface area contributed by atoms with Gasteiger partial charge < -0.3 is 5.32 Å². The molecule has 3 heterocycles. The van der Waals surface area contributed by atoms with E-state index in [9.17, 15) is 9.59 Å². The van der Waals surface area contributed by atoms with E-state index in [-0.39, 0.29) is 11.2 Å². The average Bonchev–Trinajstić information content (AvgIpc) is 2.94. The Hall–Kier alpha value is -1.40. The standard InChI is InChI=1S/C13H20N4O2/c1-15-11(3-12(18)16(2)13(15)19)8-17-6-9-4-14-5-10(9)7-17/h3,9-10,14H,4-8H2,1-2H3/t9-,10+. The highest BCUT2D eigenvalue weighted by atomic mass is 16.2. The first-order valence-electron chi connectivity index (χ1n) is 6.75. The maximum Gasteiger partial charge on any atom is 0.330 e. The second-order valence-corrected chi connectivity index (χ2v) is 5.75. The van der Waals surface area contributed by atoms with Crippen LogP contribution < -0.4 is 16.6 Å². The fourth-order valence-corrected chi connectivity index (χ4v) is 3.24. The molecule has 1 aromatic rings. The van der Waals surface area contributed by atoms with Gasteiger partial charge in [0, 0.05) is 45.5 Å². The molecule has 2 aliphatic rings. The van der Waals surface area contributed by atoms with Crippen molar-refractivity contribution in [1.82, 2.24) is 19.4 Å². The predicted molar refractivity (Wildman–Crippen MR) is 72.1 cm³/mol. The van der Waals surface area contributed by atoms with Gasteiger partial charge in [-0.1, -0.05) is 0 Å². The first-order chi connectivity index (χ1) is 9.06. The smallest absolute Gasteiger partial charge is 0.316 e. The Balaban J connectivity index is 1.81. The number of hydrogen-bond donors (Lipinski definition) is 1. The van der Waals surface area contributed by atoms with E-state index in [2.05, 4.69) is 10.2 Å². The van der Waals surface area contributed by atoms with E-state index in [1.807, 2.05) is 0 Å². The maximum absolute atomic E-state index is 11.9. The van der Waals surface area contributed by atoms with Gasteiger partial charge in [0.15, 0.2) is 0 Å². The molecule has 0 saturated carbocycles. The van der Waals surface area contributed by atoms with E-state index >= 15 is 0 Å². The van der Waals surface area contributed by atoms with Crippen LogP contribution in [0.25, 0.3) is 0 Å². The number of hydrogen-bond acceptors (Lipinski definition) is 4. The Labute approximate surface area is 111 Å². The molecule has 0 spiro atoms. The Kier molecular flexibility index (Phi) is 3.06. The topological polar surface area (TPSA) is 59.3 Å². The molecule has 3 rings (SSSR count). The SMILES string of the molecule is Cn1c(CN2C[C@H]3CNC[C@H]3C2)cc(=O)n(C)c1=O. The van der Waals surface area contributed by atoms with E-state index in [1.54, 1.807) is 17.7 Å². The van der Waals surface area contributed by atoms with Crippen LogP contribution in [0.2, 0.25) is 0 Å². The van der Waals surface area contributed by atoms with Crippen LogP contribution in [0.3, 0.4) is 0 Å². The molecule has 6 heteroatoms.